The number of methoxy groups -OCH3 is 1. The first-order valence-corrected chi connectivity index (χ1v) is 3.97. The van der Waals surface area contributed by atoms with Crippen LogP contribution in [0.1, 0.15) is 5.69 Å². The van der Waals surface area contributed by atoms with Crippen LogP contribution >= 0.6 is 0 Å². The lowest BCUT2D eigenvalue weighted by Crippen LogP contribution is -2.06. The second kappa shape index (κ2) is 3.11. The highest BCUT2D eigenvalue weighted by molar-refractivity contribution is 5.55. The van der Waals surface area contributed by atoms with E-state index in [-0.39, 0.29) is 11.3 Å². The molecule has 4 nitrogen and oxygen atoms in total. The number of hydrogen-bond donors (Lipinski definition) is 0. The van der Waals surface area contributed by atoms with Gasteiger partial charge in [-0.15, -0.1) is 0 Å². The standard InChI is InChI=1S/C8H6F3N3O/c1-15-5-2-6-7(8(9,10)11)12-4-14(6)13-3-5/h2-4H,1H3. The van der Waals surface area contributed by atoms with Crippen molar-refractivity contribution in [2.75, 3.05) is 7.11 Å². The Bertz CT molecular complexity index is 491. The van der Waals surface area contributed by atoms with Crippen LogP contribution in [0.3, 0.4) is 0 Å². The zero-order valence-corrected chi connectivity index (χ0v) is 7.62. The van der Waals surface area contributed by atoms with Crippen LogP contribution in [0.5, 0.6) is 5.75 Å². The van der Waals surface area contributed by atoms with Crippen LogP contribution in [0.25, 0.3) is 5.52 Å². The first-order chi connectivity index (χ1) is 7.02. The van der Waals surface area contributed by atoms with Gasteiger partial charge in [0.1, 0.15) is 17.6 Å². The summed E-state index contributed by atoms with van der Waals surface area (Å²) in [5.41, 5.74) is -1.09. The van der Waals surface area contributed by atoms with Gasteiger partial charge in [0.25, 0.3) is 0 Å². The number of nitrogens with zero attached hydrogens (tertiary/aromatic N) is 3. The Morgan fingerprint density at radius 3 is 2.73 bits per heavy atom. The second-order valence-corrected chi connectivity index (χ2v) is 2.82. The summed E-state index contributed by atoms with van der Waals surface area (Å²) in [4.78, 5) is 3.26. The van der Waals surface area contributed by atoms with Gasteiger partial charge in [-0.3, -0.25) is 0 Å². The summed E-state index contributed by atoms with van der Waals surface area (Å²) >= 11 is 0. The fourth-order valence-electron chi connectivity index (χ4n) is 1.20. The molecule has 0 spiro atoms. The number of imidazole rings is 1. The van der Waals surface area contributed by atoms with Gasteiger partial charge in [-0.25, -0.2) is 9.50 Å². The SMILES string of the molecule is COc1cnn2cnc(C(F)(F)F)c2c1. The van der Waals surface area contributed by atoms with Crippen LogP contribution in [-0.4, -0.2) is 21.7 Å². The highest BCUT2D eigenvalue weighted by atomic mass is 19.4. The number of halogens is 3. The van der Waals surface area contributed by atoms with Crippen LogP contribution in [0.2, 0.25) is 0 Å². The average molecular weight is 217 g/mol. The van der Waals surface area contributed by atoms with E-state index >= 15 is 0 Å². The zero-order valence-electron chi connectivity index (χ0n) is 7.62. The van der Waals surface area contributed by atoms with E-state index in [1.807, 2.05) is 0 Å². The zero-order chi connectivity index (χ0) is 11.1. The molecule has 7 heteroatoms. The molecule has 0 saturated carbocycles. The summed E-state index contributed by atoms with van der Waals surface area (Å²) in [6.45, 7) is 0. The molecule has 0 aliphatic carbocycles. The van der Waals surface area contributed by atoms with E-state index in [4.69, 9.17) is 4.74 Å². The molecule has 2 heterocycles. The molecule has 0 N–H and O–H groups in total. The topological polar surface area (TPSA) is 39.4 Å². The highest BCUT2D eigenvalue weighted by Crippen LogP contribution is 2.31. The van der Waals surface area contributed by atoms with Crippen molar-refractivity contribution in [1.82, 2.24) is 14.6 Å². The largest absolute Gasteiger partial charge is 0.495 e. The van der Waals surface area contributed by atoms with Crippen molar-refractivity contribution in [1.29, 1.82) is 0 Å². The Labute approximate surface area is 82.3 Å². The summed E-state index contributed by atoms with van der Waals surface area (Å²) in [7, 11) is 1.36. The molecule has 80 valence electrons. The fourth-order valence-corrected chi connectivity index (χ4v) is 1.20. The lowest BCUT2D eigenvalue weighted by molar-refractivity contribution is -0.139. The number of hydrogen-bond acceptors (Lipinski definition) is 3. The lowest BCUT2D eigenvalue weighted by Gasteiger charge is -2.03. The second-order valence-electron chi connectivity index (χ2n) is 2.82. The number of fused-ring (bicyclic) bond motifs is 1. The molecule has 0 aliphatic rings. The van der Waals surface area contributed by atoms with E-state index in [1.54, 1.807) is 0 Å². The first kappa shape index (κ1) is 9.75. The summed E-state index contributed by atoms with van der Waals surface area (Å²) in [6.07, 6.45) is -2.16. The third kappa shape index (κ3) is 1.60. The Kier molecular flexibility index (Phi) is 2.02. The first-order valence-electron chi connectivity index (χ1n) is 3.97. The summed E-state index contributed by atoms with van der Waals surface area (Å²) < 4.78 is 43.2. The van der Waals surface area contributed by atoms with Gasteiger partial charge in [0.05, 0.1) is 13.3 Å². The molecule has 0 amide bonds. The van der Waals surface area contributed by atoms with Crippen LogP contribution in [0, 0.1) is 0 Å². The summed E-state index contributed by atoms with van der Waals surface area (Å²) in [5.74, 6) is 0.258. The molecule has 0 bridgehead atoms. The van der Waals surface area contributed by atoms with Crippen molar-refractivity contribution in [3.05, 3.63) is 24.3 Å². The average Bonchev–Trinajstić information content (AvgIpc) is 2.59. The maximum absolute atomic E-state index is 12.4. The van der Waals surface area contributed by atoms with Crippen LogP contribution < -0.4 is 4.74 Å². The van der Waals surface area contributed by atoms with Gasteiger partial charge in [-0.1, -0.05) is 0 Å². The molecule has 2 rings (SSSR count). The minimum absolute atomic E-state index is 0.123. The fraction of sp³-hybridized carbons (Fsp3) is 0.250. The lowest BCUT2D eigenvalue weighted by atomic mass is 10.3. The van der Waals surface area contributed by atoms with E-state index in [0.29, 0.717) is 0 Å². The third-order valence-electron chi connectivity index (χ3n) is 1.88. The third-order valence-corrected chi connectivity index (χ3v) is 1.88. The molecule has 15 heavy (non-hydrogen) atoms. The quantitative estimate of drug-likeness (QED) is 0.730. The van der Waals surface area contributed by atoms with E-state index in [2.05, 4.69) is 10.1 Å². The monoisotopic (exact) mass is 217 g/mol. The predicted octanol–water partition coefficient (Wildman–Crippen LogP) is 1.76. The number of rotatable bonds is 1. The molecule has 0 aromatic carbocycles. The molecule has 0 aliphatic heterocycles. The van der Waals surface area contributed by atoms with Crippen molar-refractivity contribution in [2.24, 2.45) is 0 Å². The Hall–Kier alpha value is -1.79. The highest BCUT2D eigenvalue weighted by Gasteiger charge is 2.35. The summed E-state index contributed by atoms with van der Waals surface area (Å²) in [5, 5.41) is 3.72. The van der Waals surface area contributed by atoms with Crippen molar-refractivity contribution in [3.63, 3.8) is 0 Å². The number of ether oxygens (including phenoxy) is 1. The molecular formula is C8H6F3N3O. The van der Waals surface area contributed by atoms with Crippen molar-refractivity contribution < 1.29 is 17.9 Å². The molecule has 0 atom stereocenters. The van der Waals surface area contributed by atoms with E-state index in [9.17, 15) is 13.2 Å². The van der Waals surface area contributed by atoms with Gasteiger partial charge in [0.2, 0.25) is 0 Å². The summed E-state index contributed by atoms with van der Waals surface area (Å²) in [6, 6.07) is 1.24. The van der Waals surface area contributed by atoms with E-state index in [0.717, 1.165) is 10.8 Å². The Morgan fingerprint density at radius 2 is 2.13 bits per heavy atom. The molecule has 0 unspecified atom stereocenters. The normalized spacial score (nSPS) is 12.0. The Balaban J connectivity index is 2.67. The predicted molar refractivity (Wildman–Crippen MR) is 44.5 cm³/mol. The number of aromatic nitrogens is 3. The van der Waals surface area contributed by atoms with Gasteiger partial charge in [0, 0.05) is 6.07 Å². The number of alkyl halides is 3. The van der Waals surface area contributed by atoms with Gasteiger partial charge in [-0.2, -0.15) is 18.3 Å². The van der Waals surface area contributed by atoms with Crippen LogP contribution in [-0.2, 0) is 6.18 Å². The van der Waals surface area contributed by atoms with Crippen LogP contribution in [0.4, 0.5) is 13.2 Å². The van der Waals surface area contributed by atoms with Crippen molar-refractivity contribution >= 4 is 5.52 Å². The van der Waals surface area contributed by atoms with Gasteiger partial charge < -0.3 is 4.74 Å². The van der Waals surface area contributed by atoms with E-state index < -0.39 is 11.9 Å². The maximum atomic E-state index is 12.4. The van der Waals surface area contributed by atoms with E-state index in [1.165, 1.54) is 19.4 Å². The van der Waals surface area contributed by atoms with Crippen molar-refractivity contribution in [2.45, 2.75) is 6.18 Å². The molecular weight excluding hydrogens is 211 g/mol. The molecule has 2 aromatic rings. The van der Waals surface area contributed by atoms with Crippen LogP contribution in [0.15, 0.2) is 18.6 Å². The van der Waals surface area contributed by atoms with Gasteiger partial charge in [0.15, 0.2) is 5.69 Å². The molecule has 2 aromatic heterocycles. The minimum atomic E-state index is -4.48. The maximum Gasteiger partial charge on any atom is 0.435 e. The van der Waals surface area contributed by atoms with Gasteiger partial charge in [-0.05, 0) is 0 Å². The minimum Gasteiger partial charge on any atom is -0.495 e. The molecule has 0 fully saturated rings. The Morgan fingerprint density at radius 1 is 1.40 bits per heavy atom. The smallest absolute Gasteiger partial charge is 0.435 e. The van der Waals surface area contributed by atoms with Crippen molar-refractivity contribution in [3.8, 4) is 5.75 Å². The molecule has 0 radical (unpaired) electrons. The van der Waals surface area contributed by atoms with Gasteiger partial charge >= 0.3 is 6.18 Å². The molecule has 0 saturated heterocycles.